The smallest absolute Gasteiger partial charge is 0.423 e. The summed E-state index contributed by atoms with van der Waals surface area (Å²) in [5.41, 5.74) is 9.70. The Morgan fingerprint density at radius 1 is 0.787 bits per heavy atom. The molecule has 1 aromatic heterocycles. The Morgan fingerprint density at radius 2 is 1.34 bits per heavy atom. The molecule has 0 aliphatic carbocycles. The predicted octanol–water partition coefficient (Wildman–Crippen LogP) is 5.75. The standard InChI is InChI=1S/C35H33N5O5S2/c36-29(20-25-16-18-28(19-17-25)44-22-26-12-6-2-7-13-26)31(41)37-30(21-24-10-4-1-5-11-24)32(42)40(33-38-39-34(46)47-33)35(43)45-23-27-14-8-3-9-15-27/h1-19,29-30H,20-23,36H2,(H,37,41)(H,39,46)/t29-,30-/m0/s1. The van der Waals surface area contributed by atoms with Gasteiger partial charge in [-0.05, 0) is 53.0 Å². The number of H-pyrrole nitrogens is 1. The number of aromatic amines is 1. The maximum atomic E-state index is 14.1. The molecule has 0 unspecified atom stereocenters. The summed E-state index contributed by atoms with van der Waals surface area (Å²) in [5.74, 6) is -0.619. The zero-order valence-corrected chi connectivity index (χ0v) is 26.9. The van der Waals surface area contributed by atoms with Gasteiger partial charge in [0.15, 0.2) is 3.95 Å². The molecule has 0 saturated heterocycles. The van der Waals surface area contributed by atoms with Crippen molar-refractivity contribution in [3.63, 3.8) is 0 Å². The molecule has 1 heterocycles. The number of ether oxygens (including phenoxy) is 2. The lowest BCUT2D eigenvalue weighted by Crippen LogP contribution is -2.55. The molecule has 0 spiro atoms. The Hall–Kier alpha value is -5.17. The zero-order chi connectivity index (χ0) is 33.0. The second-order valence-electron chi connectivity index (χ2n) is 10.6. The molecule has 47 heavy (non-hydrogen) atoms. The van der Waals surface area contributed by atoms with Crippen molar-refractivity contribution in [1.29, 1.82) is 0 Å². The quantitative estimate of drug-likeness (QED) is 0.135. The van der Waals surface area contributed by atoms with E-state index in [1.165, 1.54) is 0 Å². The molecule has 0 aliphatic rings. The topological polar surface area (TPSA) is 140 Å². The van der Waals surface area contributed by atoms with Crippen molar-refractivity contribution in [2.45, 2.75) is 38.1 Å². The SMILES string of the molecule is N[C@@H](Cc1ccc(OCc2ccccc2)cc1)C(=O)N[C@@H](Cc1ccccc1)C(=O)N(C(=O)OCc1ccccc1)c1n[nH]c(=S)s1. The molecular formula is C35H33N5O5S2. The third-order valence-corrected chi connectivity index (χ3v) is 8.16. The molecule has 10 nitrogen and oxygen atoms in total. The van der Waals surface area contributed by atoms with Crippen molar-refractivity contribution in [3.8, 4) is 5.75 Å². The molecule has 0 fully saturated rings. The Kier molecular flexibility index (Phi) is 11.6. The highest BCUT2D eigenvalue weighted by molar-refractivity contribution is 7.73. The minimum atomic E-state index is -1.17. The van der Waals surface area contributed by atoms with Gasteiger partial charge in [-0.25, -0.2) is 4.79 Å². The van der Waals surface area contributed by atoms with Crippen LogP contribution in [0.5, 0.6) is 5.75 Å². The first kappa shape index (κ1) is 33.2. The molecule has 12 heteroatoms. The number of amides is 3. The third-order valence-electron chi connectivity index (χ3n) is 7.09. The molecule has 240 valence electrons. The molecule has 0 bridgehead atoms. The van der Waals surface area contributed by atoms with Gasteiger partial charge in [-0.15, -0.1) is 5.10 Å². The van der Waals surface area contributed by atoms with Gasteiger partial charge in [-0.1, -0.05) is 114 Å². The van der Waals surface area contributed by atoms with Gasteiger partial charge in [0, 0.05) is 6.42 Å². The molecular weight excluding hydrogens is 635 g/mol. The summed E-state index contributed by atoms with van der Waals surface area (Å²) in [4.78, 5) is 41.7. The van der Waals surface area contributed by atoms with Gasteiger partial charge < -0.3 is 20.5 Å². The van der Waals surface area contributed by atoms with Gasteiger partial charge in [0.05, 0.1) is 6.04 Å². The van der Waals surface area contributed by atoms with Crippen LogP contribution < -0.4 is 20.7 Å². The van der Waals surface area contributed by atoms with E-state index in [0.29, 0.717) is 12.4 Å². The number of nitrogens with two attached hydrogens (primary N) is 1. The molecule has 4 N–H and O–H groups in total. The summed E-state index contributed by atoms with van der Waals surface area (Å²) >= 11 is 6.10. The van der Waals surface area contributed by atoms with Gasteiger partial charge in [0.1, 0.15) is 25.0 Å². The van der Waals surface area contributed by atoms with E-state index in [9.17, 15) is 14.4 Å². The highest BCUT2D eigenvalue weighted by atomic mass is 32.1. The highest BCUT2D eigenvalue weighted by Gasteiger charge is 2.35. The minimum absolute atomic E-state index is 0.00996. The maximum Gasteiger partial charge on any atom is 0.423 e. The fraction of sp³-hybridized carbons (Fsp3) is 0.171. The van der Waals surface area contributed by atoms with Crippen LogP contribution in [0.3, 0.4) is 0 Å². The number of aromatic nitrogens is 2. The molecule has 5 rings (SSSR count). The van der Waals surface area contributed by atoms with Gasteiger partial charge >= 0.3 is 6.09 Å². The Morgan fingerprint density at radius 3 is 1.91 bits per heavy atom. The first-order chi connectivity index (χ1) is 22.9. The van der Waals surface area contributed by atoms with Crippen LogP contribution in [-0.2, 0) is 40.4 Å². The van der Waals surface area contributed by atoms with Crippen LogP contribution in [0.1, 0.15) is 22.3 Å². The summed E-state index contributed by atoms with van der Waals surface area (Å²) in [5, 5.41) is 9.41. The van der Waals surface area contributed by atoms with E-state index in [1.807, 2.05) is 103 Å². The number of anilines is 1. The third kappa shape index (κ3) is 9.66. The Balaban J connectivity index is 1.29. The lowest BCUT2D eigenvalue weighted by Gasteiger charge is -2.25. The minimum Gasteiger partial charge on any atom is -0.489 e. The summed E-state index contributed by atoms with van der Waals surface area (Å²) in [6, 6.07) is 33.2. The lowest BCUT2D eigenvalue weighted by atomic mass is 10.0. The van der Waals surface area contributed by atoms with E-state index in [2.05, 4.69) is 15.5 Å². The molecule has 3 amide bonds. The number of nitrogens with zero attached hydrogens (tertiary/aromatic N) is 2. The van der Waals surface area contributed by atoms with Crippen LogP contribution in [0.15, 0.2) is 115 Å². The number of hydrogen-bond acceptors (Lipinski definition) is 9. The molecule has 5 aromatic rings. The highest BCUT2D eigenvalue weighted by Crippen LogP contribution is 2.22. The van der Waals surface area contributed by atoms with Crippen molar-refractivity contribution in [3.05, 3.63) is 141 Å². The normalized spacial score (nSPS) is 12.0. The summed E-state index contributed by atoms with van der Waals surface area (Å²) in [6.45, 7) is 0.360. The van der Waals surface area contributed by atoms with Crippen molar-refractivity contribution in [1.82, 2.24) is 15.5 Å². The van der Waals surface area contributed by atoms with Gasteiger partial charge in [0.25, 0.3) is 5.91 Å². The zero-order valence-electron chi connectivity index (χ0n) is 25.3. The van der Waals surface area contributed by atoms with Gasteiger partial charge in [-0.2, -0.15) is 4.90 Å². The maximum absolute atomic E-state index is 14.1. The van der Waals surface area contributed by atoms with Gasteiger partial charge in [-0.3, -0.25) is 14.7 Å². The summed E-state index contributed by atoms with van der Waals surface area (Å²) in [6.07, 6.45) is -0.660. The number of benzene rings is 4. The van der Waals surface area contributed by atoms with Crippen LogP contribution in [0.2, 0.25) is 0 Å². The number of imide groups is 1. The van der Waals surface area contributed by atoms with E-state index in [0.717, 1.165) is 38.5 Å². The Bertz CT molecular complexity index is 1820. The van der Waals surface area contributed by atoms with Crippen LogP contribution in [0.4, 0.5) is 9.93 Å². The summed E-state index contributed by atoms with van der Waals surface area (Å²) < 4.78 is 11.6. The van der Waals surface area contributed by atoms with Crippen LogP contribution >= 0.6 is 23.6 Å². The van der Waals surface area contributed by atoms with Crippen molar-refractivity contribution >= 4 is 46.6 Å². The Labute approximate surface area is 281 Å². The van der Waals surface area contributed by atoms with Crippen molar-refractivity contribution in [2.75, 3.05) is 4.90 Å². The fourth-order valence-electron chi connectivity index (χ4n) is 4.66. The fourth-order valence-corrected chi connectivity index (χ4v) is 5.53. The molecule has 2 atom stereocenters. The first-order valence-corrected chi connectivity index (χ1v) is 16.0. The lowest BCUT2D eigenvalue weighted by molar-refractivity contribution is -0.128. The molecule has 0 aliphatic heterocycles. The monoisotopic (exact) mass is 667 g/mol. The number of nitrogens with one attached hydrogen (secondary N) is 2. The van der Waals surface area contributed by atoms with E-state index in [1.54, 1.807) is 12.1 Å². The van der Waals surface area contributed by atoms with Crippen molar-refractivity contribution in [2.24, 2.45) is 5.73 Å². The largest absolute Gasteiger partial charge is 0.489 e. The number of carbonyl (C=O) groups excluding carboxylic acids is 3. The van der Waals surface area contributed by atoms with E-state index >= 15 is 0 Å². The van der Waals surface area contributed by atoms with Crippen LogP contribution in [0.25, 0.3) is 0 Å². The molecule has 0 saturated carbocycles. The number of rotatable bonds is 13. The van der Waals surface area contributed by atoms with E-state index < -0.39 is 30.0 Å². The van der Waals surface area contributed by atoms with Crippen LogP contribution in [-0.4, -0.2) is 40.2 Å². The summed E-state index contributed by atoms with van der Waals surface area (Å²) in [7, 11) is 0. The number of carbonyl (C=O) groups is 3. The van der Waals surface area contributed by atoms with Crippen molar-refractivity contribution < 1.29 is 23.9 Å². The second-order valence-corrected chi connectivity index (χ2v) is 12.2. The predicted molar refractivity (Wildman–Crippen MR) is 182 cm³/mol. The average molecular weight is 668 g/mol. The molecule has 0 radical (unpaired) electrons. The van der Waals surface area contributed by atoms with Gasteiger partial charge in [0.2, 0.25) is 11.0 Å². The number of hydrogen-bond donors (Lipinski definition) is 3. The van der Waals surface area contributed by atoms with E-state index in [-0.39, 0.29) is 28.5 Å². The average Bonchev–Trinajstić information content (AvgIpc) is 3.53. The van der Waals surface area contributed by atoms with E-state index in [4.69, 9.17) is 27.4 Å². The molecule has 4 aromatic carbocycles. The second kappa shape index (κ2) is 16.4. The van der Waals surface area contributed by atoms with Crippen LogP contribution in [0, 0.1) is 3.95 Å². The first-order valence-electron chi connectivity index (χ1n) is 14.8.